The van der Waals surface area contributed by atoms with Crippen molar-refractivity contribution in [1.82, 2.24) is 20.3 Å². The minimum atomic E-state index is -0.387. The molecule has 0 saturated carbocycles. The Labute approximate surface area is 282 Å². The van der Waals surface area contributed by atoms with E-state index in [1.807, 2.05) is 73.6 Å². The van der Waals surface area contributed by atoms with Gasteiger partial charge in [0.1, 0.15) is 11.7 Å². The zero-order valence-corrected chi connectivity index (χ0v) is 26.4. The molecule has 1 aliphatic heterocycles. The highest BCUT2D eigenvalue weighted by molar-refractivity contribution is 6.16. The molecule has 0 spiro atoms. The quantitative estimate of drug-likeness (QED) is 0.149. The van der Waals surface area contributed by atoms with Gasteiger partial charge in [-0.05, 0) is 81.4 Å². The van der Waals surface area contributed by atoms with E-state index < -0.39 is 0 Å². The lowest BCUT2D eigenvalue weighted by Crippen LogP contribution is -2.36. The van der Waals surface area contributed by atoms with Crippen LogP contribution in [0.3, 0.4) is 0 Å². The number of rotatable bonds is 6. The molecule has 6 aromatic rings. The van der Waals surface area contributed by atoms with Gasteiger partial charge >= 0.3 is 0 Å². The molecule has 1 N–H and O–H groups in total. The van der Waals surface area contributed by atoms with E-state index in [0.717, 1.165) is 61.7 Å². The second-order valence-electron chi connectivity index (χ2n) is 10.3. The number of hydrogen-bond donors (Lipinski definition) is 1. The van der Waals surface area contributed by atoms with Crippen LogP contribution in [0.2, 0.25) is 0 Å². The van der Waals surface area contributed by atoms with Crippen molar-refractivity contribution in [2.45, 2.75) is 6.17 Å². The number of aliphatic imine (C=N–C) groups is 2. The van der Waals surface area contributed by atoms with E-state index >= 15 is 0 Å². The normalized spacial score (nSPS) is 11.9. The summed E-state index contributed by atoms with van der Waals surface area (Å²) in [7, 11) is 0. The molecule has 232 valence electrons. The first kappa shape index (κ1) is 32.7. The lowest BCUT2D eigenvalue weighted by Gasteiger charge is -2.23. The Bertz CT molecular complexity index is 1910. The highest BCUT2D eigenvalue weighted by Gasteiger charge is 2.21. The van der Waals surface area contributed by atoms with Crippen LogP contribution in [0.4, 0.5) is 0 Å². The molecule has 4 heterocycles. The van der Waals surface area contributed by atoms with Gasteiger partial charge in [0.2, 0.25) is 0 Å². The summed E-state index contributed by atoms with van der Waals surface area (Å²) >= 11 is 0. The van der Waals surface area contributed by atoms with Gasteiger partial charge in [0, 0.05) is 48.3 Å². The smallest absolute Gasteiger partial charge is 0.169 e. The number of aromatic nitrogens is 3. The van der Waals surface area contributed by atoms with Gasteiger partial charge in [0.25, 0.3) is 0 Å². The van der Waals surface area contributed by atoms with E-state index in [-0.39, 0.29) is 6.17 Å². The average Bonchev–Trinajstić information content (AvgIpc) is 3.20. The van der Waals surface area contributed by atoms with Crippen molar-refractivity contribution in [3.8, 4) is 45.7 Å². The molecule has 0 bridgehead atoms. The maximum absolute atomic E-state index is 5.06. The van der Waals surface area contributed by atoms with Gasteiger partial charge in [-0.15, -0.1) is 19.6 Å². The molecule has 0 amide bonds. The molecule has 0 radical (unpaired) electrons. The lowest BCUT2D eigenvalue weighted by molar-refractivity contribution is 0.756. The van der Waals surface area contributed by atoms with Gasteiger partial charge in [0.05, 0.1) is 0 Å². The first-order valence-electron chi connectivity index (χ1n) is 15.2. The van der Waals surface area contributed by atoms with E-state index in [1.165, 1.54) is 6.08 Å². The van der Waals surface area contributed by atoms with Crippen molar-refractivity contribution < 1.29 is 0 Å². The summed E-state index contributed by atoms with van der Waals surface area (Å²) in [5.41, 5.74) is 9.76. The summed E-state index contributed by atoms with van der Waals surface area (Å²) in [6, 6.07) is 37.4. The maximum atomic E-state index is 5.06. The predicted octanol–water partition coefficient (Wildman–Crippen LogP) is 8.98. The number of terminal acetylenes is 1. The van der Waals surface area contributed by atoms with E-state index in [4.69, 9.17) is 9.98 Å². The van der Waals surface area contributed by atoms with Gasteiger partial charge in [-0.2, -0.15) is 0 Å². The molecular weight excluding hydrogens is 589 g/mol. The summed E-state index contributed by atoms with van der Waals surface area (Å²) in [5.74, 6) is 3.75. The van der Waals surface area contributed by atoms with Gasteiger partial charge in [-0.3, -0.25) is 15.0 Å². The van der Waals surface area contributed by atoms with Crippen molar-refractivity contribution >= 4 is 11.7 Å². The first-order valence-corrected chi connectivity index (χ1v) is 15.2. The number of hydrogen-bond acceptors (Lipinski definition) is 6. The monoisotopic (exact) mass is 622 g/mol. The molecule has 0 unspecified atom stereocenters. The van der Waals surface area contributed by atoms with Crippen LogP contribution in [0.5, 0.6) is 0 Å². The van der Waals surface area contributed by atoms with Gasteiger partial charge in [-0.25, -0.2) is 9.98 Å². The van der Waals surface area contributed by atoms with Crippen LogP contribution in [-0.2, 0) is 0 Å². The van der Waals surface area contributed by atoms with Crippen LogP contribution >= 0.6 is 0 Å². The maximum Gasteiger partial charge on any atom is 0.169 e. The zero-order valence-electron chi connectivity index (χ0n) is 26.4. The van der Waals surface area contributed by atoms with Crippen molar-refractivity contribution in [2.24, 2.45) is 9.98 Å². The summed E-state index contributed by atoms with van der Waals surface area (Å²) in [5, 5.41) is 3.51. The number of allylic oxidation sites excluding steroid dienone is 1. The van der Waals surface area contributed by atoms with Crippen LogP contribution in [0.1, 0.15) is 22.9 Å². The van der Waals surface area contributed by atoms with Gasteiger partial charge < -0.3 is 5.32 Å². The zero-order chi connectivity index (χ0) is 33.6. The van der Waals surface area contributed by atoms with E-state index in [2.05, 4.69) is 125 Å². The Morgan fingerprint density at radius 3 is 1.06 bits per heavy atom. The standard InChI is InChI=1S/C36H26N6.C4H4.C2H4/c1-7-31(8-2-25(1)28-13-19-37-20-14-28)34-40-35(32-9-3-26(4-10-32)29-15-21-38-22-16-29)42-36(41-34)33-11-5-27(6-12-33)30-17-23-39-24-18-30;1-3-4-2;1-2/h1-24,34H,(H,40,41,42);1,4H,2H2;1-2H2. The van der Waals surface area contributed by atoms with Crippen molar-refractivity contribution in [3.05, 3.63) is 189 Å². The molecule has 48 heavy (non-hydrogen) atoms. The fraction of sp³-hybridized carbons (Fsp3) is 0.0238. The molecule has 0 aliphatic carbocycles. The molecule has 6 nitrogen and oxygen atoms in total. The van der Waals surface area contributed by atoms with E-state index in [9.17, 15) is 0 Å². The van der Waals surface area contributed by atoms with Crippen LogP contribution in [0.15, 0.2) is 182 Å². The molecule has 6 heteroatoms. The molecule has 7 rings (SSSR count). The van der Waals surface area contributed by atoms with Crippen LogP contribution in [0, 0.1) is 12.3 Å². The topological polar surface area (TPSA) is 75.4 Å². The lowest BCUT2D eigenvalue weighted by atomic mass is 10.0. The molecule has 0 fully saturated rings. The number of pyridine rings is 3. The van der Waals surface area contributed by atoms with Crippen LogP contribution in [-0.4, -0.2) is 26.6 Å². The number of nitrogens with one attached hydrogen (secondary N) is 1. The SMILES string of the molecule is C#CC=C.C=C.c1cc(-c2ccc(C3=NC(c4ccc(-c5ccncc5)cc4)N=C(c4ccc(-c5ccncc5)cc4)N3)cc2)ccn1. The minimum Gasteiger partial charge on any atom is -0.324 e. The van der Waals surface area contributed by atoms with E-state index in [1.54, 1.807) is 0 Å². The predicted molar refractivity (Wildman–Crippen MR) is 198 cm³/mol. The fourth-order valence-electron chi connectivity index (χ4n) is 5.01. The highest BCUT2D eigenvalue weighted by atomic mass is 15.2. The Morgan fingerprint density at radius 2 is 0.750 bits per heavy atom. The fourth-order valence-corrected chi connectivity index (χ4v) is 5.01. The summed E-state index contributed by atoms with van der Waals surface area (Å²) in [6.07, 6.45) is 16.5. The number of benzene rings is 3. The summed E-state index contributed by atoms with van der Waals surface area (Å²) in [4.78, 5) is 22.5. The van der Waals surface area contributed by atoms with Crippen molar-refractivity contribution in [1.29, 1.82) is 0 Å². The van der Waals surface area contributed by atoms with Crippen LogP contribution < -0.4 is 5.32 Å². The average molecular weight is 623 g/mol. The third-order valence-corrected chi connectivity index (χ3v) is 7.42. The van der Waals surface area contributed by atoms with Gasteiger partial charge in [0.15, 0.2) is 6.17 Å². The second-order valence-corrected chi connectivity index (χ2v) is 10.3. The summed E-state index contributed by atoms with van der Waals surface area (Å²) in [6.45, 7) is 9.24. The number of amidine groups is 2. The van der Waals surface area contributed by atoms with Crippen molar-refractivity contribution in [3.63, 3.8) is 0 Å². The Balaban J connectivity index is 0.000000701. The highest BCUT2D eigenvalue weighted by Crippen LogP contribution is 2.28. The molecule has 0 saturated heterocycles. The largest absolute Gasteiger partial charge is 0.324 e. The third kappa shape index (κ3) is 8.11. The molecule has 0 atom stereocenters. The third-order valence-electron chi connectivity index (χ3n) is 7.42. The van der Waals surface area contributed by atoms with Crippen molar-refractivity contribution in [2.75, 3.05) is 0 Å². The molecule has 3 aromatic heterocycles. The van der Waals surface area contributed by atoms with E-state index in [0.29, 0.717) is 0 Å². The second kappa shape index (κ2) is 16.6. The minimum absolute atomic E-state index is 0.387. The molecule has 3 aromatic carbocycles. The molecule has 1 aliphatic rings. The van der Waals surface area contributed by atoms with Gasteiger partial charge in [-0.1, -0.05) is 85.3 Å². The molecular formula is C42H34N6. The Morgan fingerprint density at radius 1 is 0.479 bits per heavy atom. The summed E-state index contributed by atoms with van der Waals surface area (Å²) < 4.78 is 0. The van der Waals surface area contributed by atoms with Crippen LogP contribution in [0.25, 0.3) is 33.4 Å². The Hall–Kier alpha value is -6.71. The number of nitrogens with zero attached hydrogens (tertiary/aromatic N) is 5. The Kier molecular flexibility index (Phi) is 11.3. The first-order chi connectivity index (χ1) is 23.7.